The summed E-state index contributed by atoms with van der Waals surface area (Å²) in [6.07, 6.45) is 1.63. The topological polar surface area (TPSA) is 69.6 Å². The maximum atomic E-state index is 12.4. The highest BCUT2D eigenvalue weighted by Gasteiger charge is 2.51. The van der Waals surface area contributed by atoms with E-state index in [2.05, 4.69) is 5.32 Å². The molecule has 2 fully saturated rings. The fourth-order valence-corrected chi connectivity index (χ4v) is 3.03. The van der Waals surface area contributed by atoms with Crippen LogP contribution in [0.4, 0.5) is 0 Å². The van der Waals surface area contributed by atoms with Gasteiger partial charge >= 0.3 is 5.97 Å². The Morgan fingerprint density at radius 3 is 2.65 bits per heavy atom. The van der Waals surface area contributed by atoms with E-state index >= 15 is 0 Å². The molecule has 2 rings (SSSR count). The minimum atomic E-state index is -0.892. The van der Waals surface area contributed by atoms with E-state index in [4.69, 9.17) is 0 Å². The van der Waals surface area contributed by atoms with Crippen molar-refractivity contribution < 1.29 is 14.7 Å². The fourth-order valence-electron chi connectivity index (χ4n) is 3.03. The van der Waals surface area contributed by atoms with Crippen LogP contribution in [-0.2, 0) is 9.59 Å². The Balaban J connectivity index is 2.18. The molecule has 0 aromatic rings. The van der Waals surface area contributed by atoms with Gasteiger partial charge in [-0.2, -0.15) is 0 Å². The molecule has 2 saturated heterocycles. The molecule has 17 heavy (non-hydrogen) atoms. The van der Waals surface area contributed by atoms with Crippen molar-refractivity contribution >= 4 is 11.9 Å². The molecule has 2 N–H and O–H groups in total. The predicted molar refractivity (Wildman–Crippen MR) is 62.5 cm³/mol. The second-order valence-corrected chi connectivity index (χ2v) is 5.48. The van der Waals surface area contributed by atoms with Crippen molar-refractivity contribution in [3.8, 4) is 0 Å². The average Bonchev–Trinajstić information content (AvgIpc) is 2.81. The van der Waals surface area contributed by atoms with Crippen LogP contribution in [0.2, 0.25) is 0 Å². The average molecular weight is 240 g/mol. The number of carboxylic acids is 1. The van der Waals surface area contributed by atoms with Crippen molar-refractivity contribution in [2.75, 3.05) is 19.6 Å². The number of hydrogen-bond acceptors (Lipinski definition) is 3. The smallest absolute Gasteiger partial charge is 0.326 e. The lowest BCUT2D eigenvalue weighted by atomic mass is 9.85. The molecule has 0 bridgehead atoms. The number of rotatable bonds is 3. The molecule has 0 radical (unpaired) electrons. The lowest BCUT2D eigenvalue weighted by molar-refractivity contribution is -0.152. The molecular weight excluding hydrogens is 220 g/mol. The van der Waals surface area contributed by atoms with E-state index in [1.54, 1.807) is 4.90 Å². The van der Waals surface area contributed by atoms with E-state index in [-0.39, 0.29) is 17.2 Å². The first kappa shape index (κ1) is 12.4. The monoisotopic (exact) mass is 240 g/mol. The van der Waals surface area contributed by atoms with Crippen molar-refractivity contribution in [1.82, 2.24) is 10.2 Å². The predicted octanol–water partition coefficient (Wildman–Crippen LogP) is 0.308. The van der Waals surface area contributed by atoms with E-state index < -0.39 is 12.0 Å². The summed E-state index contributed by atoms with van der Waals surface area (Å²) in [6, 6.07) is -0.678. The van der Waals surface area contributed by atoms with Crippen molar-refractivity contribution in [1.29, 1.82) is 0 Å². The first-order chi connectivity index (χ1) is 7.98. The Labute approximate surface area is 101 Å². The number of carbonyl (C=O) groups excluding carboxylic acids is 1. The Kier molecular flexibility index (Phi) is 3.12. The van der Waals surface area contributed by atoms with Crippen molar-refractivity contribution in [3.05, 3.63) is 0 Å². The van der Waals surface area contributed by atoms with Gasteiger partial charge in [-0.1, -0.05) is 13.8 Å². The molecule has 0 aliphatic carbocycles. The molecule has 2 heterocycles. The Morgan fingerprint density at radius 1 is 1.47 bits per heavy atom. The first-order valence-electron chi connectivity index (χ1n) is 6.22. The van der Waals surface area contributed by atoms with Crippen LogP contribution in [0.3, 0.4) is 0 Å². The van der Waals surface area contributed by atoms with Crippen LogP contribution < -0.4 is 5.32 Å². The van der Waals surface area contributed by atoms with Crippen LogP contribution >= 0.6 is 0 Å². The van der Waals surface area contributed by atoms with Gasteiger partial charge in [0.2, 0.25) is 5.91 Å². The van der Waals surface area contributed by atoms with Gasteiger partial charge in [0, 0.05) is 13.1 Å². The minimum Gasteiger partial charge on any atom is -0.480 e. The molecule has 1 spiro atoms. The first-order valence-corrected chi connectivity index (χ1v) is 6.22. The molecule has 1 unspecified atom stereocenters. The van der Waals surface area contributed by atoms with Crippen molar-refractivity contribution in [2.24, 2.45) is 11.3 Å². The number of likely N-dealkylation sites (tertiary alicyclic amines) is 1. The number of nitrogens with zero attached hydrogens (tertiary/aromatic N) is 1. The van der Waals surface area contributed by atoms with E-state index in [9.17, 15) is 14.7 Å². The molecule has 5 nitrogen and oxygen atoms in total. The van der Waals surface area contributed by atoms with Crippen molar-refractivity contribution in [3.63, 3.8) is 0 Å². The third-order valence-corrected chi connectivity index (χ3v) is 4.01. The second kappa shape index (κ2) is 4.29. The van der Waals surface area contributed by atoms with Gasteiger partial charge in [0.1, 0.15) is 6.04 Å². The third kappa shape index (κ3) is 1.92. The number of aliphatic carboxylic acids is 1. The van der Waals surface area contributed by atoms with Crippen LogP contribution in [-0.4, -0.2) is 47.6 Å². The zero-order chi connectivity index (χ0) is 12.6. The summed E-state index contributed by atoms with van der Waals surface area (Å²) in [7, 11) is 0. The number of carbonyl (C=O) groups is 2. The largest absolute Gasteiger partial charge is 0.480 e. The van der Waals surface area contributed by atoms with E-state index in [0.29, 0.717) is 13.1 Å². The molecule has 2 atom stereocenters. The molecule has 96 valence electrons. The van der Waals surface area contributed by atoms with Gasteiger partial charge in [-0.05, 0) is 25.3 Å². The summed E-state index contributed by atoms with van der Waals surface area (Å²) >= 11 is 0. The molecule has 0 saturated carbocycles. The molecule has 0 aromatic carbocycles. The quantitative estimate of drug-likeness (QED) is 0.745. The van der Waals surface area contributed by atoms with Gasteiger partial charge in [0.25, 0.3) is 0 Å². The van der Waals surface area contributed by atoms with Crippen LogP contribution in [0, 0.1) is 11.3 Å². The van der Waals surface area contributed by atoms with Gasteiger partial charge in [0.05, 0.1) is 5.41 Å². The summed E-state index contributed by atoms with van der Waals surface area (Å²) in [4.78, 5) is 25.2. The molecule has 2 aliphatic heterocycles. The number of nitrogens with one attached hydrogen (secondary N) is 1. The maximum absolute atomic E-state index is 12.4. The lowest BCUT2D eigenvalue weighted by Crippen LogP contribution is -2.48. The van der Waals surface area contributed by atoms with Crippen LogP contribution in [0.1, 0.15) is 26.7 Å². The standard InChI is InChI=1S/C12H20N2O3/c1-8(2)9(10(15)16)14-6-4-12(11(14)17)3-5-13-7-12/h8-9,13H,3-7H2,1-2H3,(H,15,16)/t9?,12-/m1/s1. The molecule has 2 aliphatic rings. The lowest BCUT2D eigenvalue weighted by Gasteiger charge is -2.29. The number of amides is 1. The zero-order valence-electron chi connectivity index (χ0n) is 10.4. The van der Waals surface area contributed by atoms with Gasteiger partial charge in [-0.3, -0.25) is 4.79 Å². The zero-order valence-corrected chi connectivity index (χ0v) is 10.4. The highest BCUT2D eigenvalue weighted by molar-refractivity contribution is 5.89. The summed E-state index contributed by atoms with van der Waals surface area (Å²) < 4.78 is 0. The Bertz CT molecular complexity index is 335. The van der Waals surface area contributed by atoms with Crippen LogP contribution in [0.5, 0.6) is 0 Å². The summed E-state index contributed by atoms with van der Waals surface area (Å²) in [6.45, 7) is 5.84. The molecule has 5 heteroatoms. The highest BCUT2D eigenvalue weighted by atomic mass is 16.4. The molecular formula is C12H20N2O3. The number of carboxylic acid groups (broad SMARTS) is 1. The summed E-state index contributed by atoms with van der Waals surface area (Å²) in [5.41, 5.74) is -0.317. The third-order valence-electron chi connectivity index (χ3n) is 4.01. The minimum absolute atomic E-state index is 0.0311. The van der Waals surface area contributed by atoms with Crippen LogP contribution in [0.25, 0.3) is 0 Å². The van der Waals surface area contributed by atoms with Crippen molar-refractivity contribution in [2.45, 2.75) is 32.7 Å². The van der Waals surface area contributed by atoms with Crippen LogP contribution in [0.15, 0.2) is 0 Å². The van der Waals surface area contributed by atoms with Gasteiger partial charge < -0.3 is 15.3 Å². The Morgan fingerprint density at radius 2 is 2.18 bits per heavy atom. The van der Waals surface area contributed by atoms with E-state index in [0.717, 1.165) is 19.4 Å². The number of hydrogen-bond donors (Lipinski definition) is 2. The van der Waals surface area contributed by atoms with Gasteiger partial charge in [-0.25, -0.2) is 4.79 Å². The van der Waals surface area contributed by atoms with Gasteiger partial charge in [0.15, 0.2) is 0 Å². The van der Waals surface area contributed by atoms with E-state index in [1.807, 2.05) is 13.8 Å². The molecule has 0 aromatic heterocycles. The normalized spacial score (nSPS) is 30.5. The highest BCUT2D eigenvalue weighted by Crippen LogP contribution is 2.39. The molecule has 1 amide bonds. The Hall–Kier alpha value is -1.10. The van der Waals surface area contributed by atoms with Gasteiger partial charge in [-0.15, -0.1) is 0 Å². The summed E-state index contributed by atoms with van der Waals surface area (Å²) in [5.74, 6) is -0.916. The van der Waals surface area contributed by atoms with E-state index in [1.165, 1.54) is 0 Å². The SMILES string of the molecule is CC(C)C(C(=O)O)N1CC[C@@]2(CCNC2)C1=O. The fraction of sp³-hybridized carbons (Fsp3) is 0.833. The summed E-state index contributed by atoms with van der Waals surface area (Å²) in [5, 5.41) is 12.5. The maximum Gasteiger partial charge on any atom is 0.326 e. The second-order valence-electron chi connectivity index (χ2n) is 5.48.